The molecule has 4 N–H and O–H groups in total. The maximum absolute atomic E-state index is 13.2. The molecule has 2 aromatic carbocycles. The van der Waals surface area contributed by atoms with Crippen LogP contribution >= 0.6 is 0 Å². The molecule has 3 aromatic rings. The second-order valence-electron chi connectivity index (χ2n) is 13.1. The van der Waals surface area contributed by atoms with E-state index in [0.717, 1.165) is 54.4 Å². The Hall–Kier alpha value is -3.12. The first-order valence-corrected chi connectivity index (χ1v) is 16.2. The van der Waals surface area contributed by atoms with Crippen LogP contribution in [0, 0.1) is 11.8 Å². The molecule has 3 heterocycles. The van der Waals surface area contributed by atoms with E-state index < -0.39 is 0 Å². The Morgan fingerprint density at radius 3 is 2.63 bits per heavy atom. The summed E-state index contributed by atoms with van der Waals surface area (Å²) in [6.07, 6.45) is 19.6. The molecule has 4 atom stereocenters. The fourth-order valence-corrected chi connectivity index (χ4v) is 8.57. The van der Waals surface area contributed by atoms with Crippen LogP contribution in [0.2, 0.25) is 0 Å². The summed E-state index contributed by atoms with van der Waals surface area (Å²) in [5.41, 5.74) is 14.9. The predicted molar refractivity (Wildman–Crippen MR) is 167 cm³/mol. The van der Waals surface area contributed by atoms with E-state index in [1.807, 2.05) is 6.20 Å². The van der Waals surface area contributed by atoms with Crippen LogP contribution in [-0.2, 0) is 0 Å². The van der Waals surface area contributed by atoms with E-state index in [1.54, 1.807) is 0 Å². The standard InChI is InChI=1S/C35H45N5O/c1-2-22-15-16-38-34-32(22)29(24-13-14-31-30(17-24)39-21-40(31)27-9-4-3-5-10-27)18-28(33(34)35(36)41)23-7-6-8-25-19-37-20-26(25)12-11-23/h13-18,21-23,25-27,37-38H,2-12,19-20H2,1H3,(H2,36,41). The quantitative estimate of drug-likeness (QED) is 0.304. The average molecular weight is 552 g/mol. The predicted octanol–water partition coefficient (Wildman–Crippen LogP) is 7.62. The maximum atomic E-state index is 13.2. The number of allylic oxidation sites excluding steroid dienone is 1. The highest BCUT2D eigenvalue weighted by Gasteiger charge is 2.33. The van der Waals surface area contributed by atoms with Crippen LogP contribution in [0.3, 0.4) is 0 Å². The molecule has 0 radical (unpaired) electrons. The van der Waals surface area contributed by atoms with Gasteiger partial charge in [0.2, 0.25) is 0 Å². The first kappa shape index (κ1) is 26.8. The van der Waals surface area contributed by atoms with E-state index >= 15 is 0 Å². The lowest BCUT2D eigenvalue weighted by Gasteiger charge is -2.32. The molecule has 2 aliphatic carbocycles. The normalized spacial score (nSPS) is 26.7. The van der Waals surface area contributed by atoms with E-state index in [4.69, 9.17) is 10.7 Å². The molecule has 41 heavy (non-hydrogen) atoms. The zero-order valence-electron chi connectivity index (χ0n) is 24.5. The summed E-state index contributed by atoms with van der Waals surface area (Å²) in [6.45, 7) is 4.52. The van der Waals surface area contributed by atoms with Gasteiger partial charge in [0.1, 0.15) is 0 Å². The molecule has 3 fully saturated rings. The zero-order chi connectivity index (χ0) is 27.9. The van der Waals surface area contributed by atoms with Crippen molar-refractivity contribution in [1.29, 1.82) is 0 Å². The molecule has 6 heteroatoms. The molecule has 4 aliphatic rings. The Morgan fingerprint density at radius 2 is 1.83 bits per heavy atom. The number of amides is 1. The number of benzene rings is 2. The summed E-state index contributed by atoms with van der Waals surface area (Å²) in [4.78, 5) is 18.1. The van der Waals surface area contributed by atoms with Gasteiger partial charge in [0.15, 0.2) is 0 Å². The third-order valence-corrected chi connectivity index (χ3v) is 10.8. The second kappa shape index (κ2) is 11.3. The van der Waals surface area contributed by atoms with E-state index in [-0.39, 0.29) is 11.8 Å². The number of fused-ring (bicyclic) bond motifs is 3. The lowest BCUT2D eigenvalue weighted by molar-refractivity contribution is 0.0999. The van der Waals surface area contributed by atoms with Crippen LogP contribution in [0.5, 0.6) is 0 Å². The molecular weight excluding hydrogens is 506 g/mol. The molecular formula is C35H45N5O. The maximum Gasteiger partial charge on any atom is 0.251 e. The van der Waals surface area contributed by atoms with Gasteiger partial charge in [0.25, 0.3) is 5.91 Å². The average Bonchev–Trinajstić information content (AvgIpc) is 3.62. The van der Waals surface area contributed by atoms with E-state index in [2.05, 4.69) is 58.8 Å². The van der Waals surface area contributed by atoms with E-state index in [0.29, 0.717) is 17.5 Å². The Labute approximate surface area is 244 Å². The number of aromatic nitrogens is 2. The molecule has 0 spiro atoms. The number of hydrogen-bond acceptors (Lipinski definition) is 4. The molecule has 4 unspecified atom stereocenters. The SMILES string of the molecule is CCC1C=CNc2c(C(N)=O)c(C3CCCC4CNCC4CC3)cc(-c3ccc4c(c3)ncn4C3CCCCC3)c21. The summed E-state index contributed by atoms with van der Waals surface area (Å²) in [5.74, 6) is 1.81. The molecule has 0 bridgehead atoms. The minimum absolute atomic E-state index is 0.228. The third kappa shape index (κ3) is 4.88. The number of carbonyl (C=O) groups excluding carboxylic acids is 1. The van der Waals surface area contributed by atoms with Crippen molar-refractivity contribution in [2.24, 2.45) is 17.6 Å². The van der Waals surface area contributed by atoms with E-state index in [9.17, 15) is 4.79 Å². The van der Waals surface area contributed by atoms with Crippen molar-refractivity contribution in [1.82, 2.24) is 14.9 Å². The first-order chi connectivity index (χ1) is 20.1. The summed E-state index contributed by atoms with van der Waals surface area (Å²) >= 11 is 0. The van der Waals surface area contributed by atoms with E-state index in [1.165, 1.54) is 80.1 Å². The van der Waals surface area contributed by atoms with Crippen molar-refractivity contribution >= 4 is 22.6 Å². The van der Waals surface area contributed by atoms with Crippen LogP contribution < -0.4 is 16.4 Å². The molecule has 216 valence electrons. The van der Waals surface area contributed by atoms with Crippen LogP contribution in [0.15, 0.2) is 42.9 Å². The van der Waals surface area contributed by atoms with Gasteiger partial charge in [-0.25, -0.2) is 4.98 Å². The lowest BCUT2D eigenvalue weighted by Crippen LogP contribution is -2.23. The molecule has 7 rings (SSSR count). The van der Waals surface area contributed by atoms with Crippen molar-refractivity contribution < 1.29 is 4.79 Å². The van der Waals surface area contributed by atoms with Crippen LogP contribution in [0.4, 0.5) is 5.69 Å². The number of imidazole rings is 1. The van der Waals surface area contributed by atoms with Gasteiger partial charge in [0.05, 0.1) is 28.6 Å². The fraction of sp³-hybridized carbons (Fsp3) is 0.543. The number of rotatable bonds is 5. The van der Waals surface area contributed by atoms with Crippen molar-refractivity contribution in [2.75, 3.05) is 18.4 Å². The summed E-state index contributed by atoms with van der Waals surface area (Å²) < 4.78 is 2.41. The van der Waals surface area contributed by atoms with Gasteiger partial charge in [-0.1, -0.05) is 44.7 Å². The van der Waals surface area contributed by atoms with Crippen molar-refractivity contribution in [3.63, 3.8) is 0 Å². The Bertz CT molecular complexity index is 1460. The van der Waals surface area contributed by atoms with Gasteiger partial charge in [-0.05, 0) is 122 Å². The van der Waals surface area contributed by atoms with Crippen molar-refractivity contribution in [3.05, 3.63) is 59.6 Å². The Balaban J connectivity index is 1.34. The van der Waals surface area contributed by atoms with Gasteiger partial charge < -0.3 is 20.9 Å². The van der Waals surface area contributed by atoms with Gasteiger partial charge in [0, 0.05) is 12.0 Å². The van der Waals surface area contributed by atoms with Gasteiger partial charge in [-0.2, -0.15) is 0 Å². The molecule has 1 aromatic heterocycles. The lowest BCUT2D eigenvalue weighted by atomic mass is 9.74. The Kier molecular flexibility index (Phi) is 7.36. The summed E-state index contributed by atoms with van der Waals surface area (Å²) in [6, 6.07) is 9.73. The zero-order valence-corrected chi connectivity index (χ0v) is 24.5. The van der Waals surface area contributed by atoms with Crippen LogP contribution in [0.1, 0.15) is 117 Å². The highest BCUT2D eigenvalue weighted by atomic mass is 16.1. The number of nitrogens with zero attached hydrogens (tertiary/aromatic N) is 2. The number of nitrogens with one attached hydrogen (secondary N) is 2. The first-order valence-electron chi connectivity index (χ1n) is 16.2. The number of carbonyl (C=O) groups is 1. The summed E-state index contributed by atoms with van der Waals surface area (Å²) in [5, 5.41) is 7.13. The monoisotopic (exact) mass is 551 g/mol. The van der Waals surface area contributed by atoms with Gasteiger partial charge >= 0.3 is 0 Å². The summed E-state index contributed by atoms with van der Waals surface area (Å²) in [7, 11) is 0. The van der Waals surface area contributed by atoms with Gasteiger partial charge in [-0.15, -0.1) is 0 Å². The molecule has 1 amide bonds. The molecule has 2 aliphatic heterocycles. The van der Waals surface area contributed by atoms with Crippen molar-refractivity contribution in [3.8, 4) is 11.1 Å². The minimum Gasteiger partial charge on any atom is -0.366 e. The second-order valence-corrected chi connectivity index (χ2v) is 13.1. The minimum atomic E-state index is -0.315. The Morgan fingerprint density at radius 1 is 1.00 bits per heavy atom. The number of hydrogen-bond donors (Lipinski definition) is 3. The number of nitrogens with two attached hydrogens (primary N) is 1. The smallest absolute Gasteiger partial charge is 0.251 e. The topological polar surface area (TPSA) is 85.0 Å². The molecule has 6 nitrogen and oxygen atoms in total. The molecule has 1 saturated heterocycles. The van der Waals surface area contributed by atoms with Crippen molar-refractivity contribution in [2.45, 2.75) is 95.4 Å². The van der Waals surface area contributed by atoms with Crippen LogP contribution in [-0.4, -0.2) is 28.5 Å². The highest BCUT2D eigenvalue weighted by Crippen LogP contribution is 2.47. The third-order valence-electron chi connectivity index (χ3n) is 10.8. The van der Waals surface area contributed by atoms with Crippen LogP contribution in [0.25, 0.3) is 22.2 Å². The highest BCUT2D eigenvalue weighted by molar-refractivity contribution is 6.03. The number of anilines is 1. The molecule has 2 saturated carbocycles. The van der Waals surface area contributed by atoms with Gasteiger partial charge in [-0.3, -0.25) is 4.79 Å². The fourth-order valence-electron chi connectivity index (χ4n) is 8.57. The number of primary amides is 1. The largest absolute Gasteiger partial charge is 0.366 e.